The molecule has 0 rings (SSSR count). The van der Waals surface area contributed by atoms with Crippen molar-refractivity contribution in [2.75, 3.05) is 18.8 Å². The fourth-order valence-electron chi connectivity index (χ4n) is 1.51. The van der Waals surface area contributed by atoms with Crippen LogP contribution in [0.15, 0.2) is 0 Å². The molecule has 16 heavy (non-hydrogen) atoms. The van der Waals surface area contributed by atoms with Crippen molar-refractivity contribution in [3.05, 3.63) is 0 Å². The summed E-state index contributed by atoms with van der Waals surface area (Å²) >= 11 is 0. The standard InChI is InChI=1S/C11H26N2O2S/c1-4-6-7-8-11(3)13-16(14,15)10-9-12-5-2/h11-13H,4-10H2,1-3H3. The van der Waals surface area contributed by atoms with Gasteiger partial charge in [-0.05, 0) is 19.9 Å². The Morgan fingerprint density at radius 3 is 2.44 bits per heavy atom. The minimum absolute atomic E-state index is 0.0539. The molecule has 1 atom stereocenters. The van der Waals surface area contributed by atoms with Crippen LogP contribution in [-0.4, -0.2) is 33.3 Å². The van der Waals surface area contributed by atoms with Crippen LogP contribution < -0.4 is 10.0 Å². The molecule has 2 N–H and O–H groups in total. The van der Waals surface area contributed by atoms with Gasteiger partial charge < -0.3 is 5.32 Å². The molecule has 0 aromatic rings. The van der Waals surface area contributed by atoms with E-state index in [1.165, 1.54) is 12.8 Å². The zero-order chi connectivity index (χ0) is 12.4. The maximum absolute atomic E-state index is 11.6. The highest BCUT2D eigenvalue weighted by Gasteiger charge is 2.13. The second kappa shape index (κ2) is 8.96. The van der Waals surface area contributed by atoms with Crippen molar-refractivity contribution in [2.24, 2.45) is 0 Å². The molecule has 0 bridgehead atoms. The van der Waals surface area contributed by atoms with Crippen LogP contribution in [0.5, 0.6) is 0 Å². The van der Waals surface area contributed by atoms with Crippen LogP contribution >= 0.6 is 0 Å². The van der Waals surface area contributed by atoms with Crippen molar-refractivity contribution in [1.29, 1.82) is 0 Å². The normalized spacial score (nSPS) is 13.9. The van der Waals surface area contributed by atoms with Gasteiger partial charge in [-0.25, -0.2) is 13.1 Å². The predicted octanol–water partition coefficient (Wildman–Crippen LogP) is 1.48. The Hall–Kier alpha value is -0.130. The largest absolute Gasteiger partial charge is 0.316 e. The van der Waals surface area contributed by atoms with Crippen LogP contribution in [0, 0.1) is 0 Å². The topological polar surface area (TPSA) is 58.2 Å². The van der Waals surface area contributed by atoms with Gasteiger partial charge in [0, 0.05) is 12.6 Å². The summed E-state index contributed by atoms with van der Waals surface area (Å²) in [5.41, 5.74) is 0. The SMILES string of the molecule is CCCCCC(C)NS(=O)(=O)CCNCC. The molecule has 98 valence electrons. The molecule has 1 unspecified atom stereocenters. The van der Waals surface area contributed by atoms with Gasteiger partial charge in [-0.1, -0.05) is 33.1 Å². The molecule has 0 saturated heterocycles. The summed E-state index contributed by atoms with van der Waals surface area (Å²) in [6.45, 7) is 7.37. The lowest BCUT2D eigenvalue weighted by molar-refractivity contribution is 0.525. The summed E-state index contributed by atoms with van der Waals surface area (Å²) in [6, 6.07) is 0.0539. The molecule has 0 radical (unpaired) electrons. The minimum Gasteiger partial charge on any atom is -0.316 e. The van der Waals surface area contributed by atoms with E-state index in [0.29, 0.717) is 6.54 Å². The van der Waals surface area contributed by atoms with Crippen molar-refractivity contribution >= 4 is 10.0 Å². The molecule has 0 heterocycles. The summed E-state index contributed by atoms with van der Waals surface area (Å²) < 4.78 is 25.9. The second-order valence-electron chi connectivity index (χ2n) is 4.19. The van der Waals surface area contributed by atoms with Crippen molar-refractivity contribution in [3.8, 4) is 0 Å². The van der Waals surface area contributed by atoms with E-state index in [9.17, 15) is 8.42 Å². The van der Waals surface area contributed by atoms with Crippen molar-refractivity contribution in [3.63, 3.8) is 0 Å². The molecule has 5 heteroatoms. The van der Waals surface area contributed by atoms with E-state index in [1.54, 1.807) is 0 Å². The molecular formula is C11H26N2O2S. The Bertz CT molecular complexity index is 253. The zero-order valence-corrected chi connectivity index (χ0v) is 11.6. The molecule has 0 spiro atoms. The van der Waals surface area contributed by atoms with Gasteiger partial charge in [-0.2, -0.15) is 0 Å². The summed E-state index contributed by atoms with van der Waals surface area (Å²) in [7, 11) is -3.10. The molecule has 0 saturated carbocycles. The number of hydrogen-bond acceptors (Lipinski definition) is 3. The van der Waals surface area contributed by atoms with Crippen LogP contribution in [0.25, 0.3) is 0 Å². The van der Waals surface area contributed by atoms with Gasteiger partial charge in [-0.15, -0.1) is 0 Å². The van der Waals surface area contributed by atoms with Gasteiger partial charge in [-0.3, -0.25) is 0 Å². The van der Waals surface area contributed by atoms with Gasteiger partial charge in [0.2, 0.25) is 10.0 Å². The first kappa shape index (κ1) is 15.9. The molecule has 0 aromatic carbocycles. The van der Waals surface area contributed by atoms with Gasteiger partial charge >= 0.3 is 0 Å². The van der Waals surface area contributed by atoms with E-state index in [0.717, 1.165) is 19.4 Å². The number of nitrogens with one attached hydrogen (secondary N) is 2. The van der Waals surface area contributed by atoms with E-state index < -0.39 is 10.0 Å². The summed E-state index contributed by atoms with van der Waals surface area (Å²) in [5, 5.41) is 3.01. The Morgan fingerprint density at radius 1 is 1.19 bits per heavy atom. The lowest BCUT2D eigenvalue weighted by Crippen LogP contribution is -2.37. The predicted molar refractivity (Wildman–Crippen MR) is 69.1 cm³/mol. The van der Waals surface area contributed by atoms with Crippen LogP contribution in [0.3, 0.4) is 0 Å². The molecule has 0 aromatic heterocycles. The lowest BCUT2D eigenvalue weighted by atomic mass is 10.1. The van der Waals surface area contributed by atoms with Crippen LogP contribution in [0.4, 0.5) is 0 Å². The number of sulfonamides is 1. The van der Waals surface area contributed by atoms with Crippen LogP contribution in [-0.2, 0) is 10.0 Å². The molecule has 0 aliphatic heterocycles. The van der Waals surface area contributed by atoms with E-state index in [2.05, 4.69) is 17.0 Å². The van der Waals surface area contributed by atoms with Gasteiger partial charge in [0.05, 0.1) is 5.75 Å². The quantitative estimate of drug-likeness (QED) is 0.577. The van der Waals surface area contributed by atoms with Gasteiger partial charge in [0.15, 0.2) is 0 Å². The maximum atomic E-state index is 11.6. The average molecular weight is 250 g/mol. The molecule has 0 amide bonds. The Morgan fingerprint density at radius 2 is 1.88 bits per heavy atom. The van der Waals surface area contributed by atoms with E-state index in [-0.39, 0.29) is 11.8 Å². The number of unbranched alkanes of at least 4 members (excludes halogenated alkanes) is 2. The Balaban J connectivity index is 3.77. The third-order valence-electron chi connectivity index (χ3n) is 2.42. The smallest absolute Gasteiger partial charge is 0.213 e. The first-order valence-electron chi connectivity index (χ1n) is 6.22. The number of hydrogen-bond donors (Lipinski definition) is 2. The van der Waals surface area contributed by atoms with E-state index in [4.69, 9.17) is 0 Å². The van der Waals surface area contributed by atoms with Gasteiger partial charge in [0.25, 0.3) is 0 Å². The van der Waals surface area contributed by atoms with Crippen molar-refractivity contribution in [1.82, 2.24) is 10.0 Å². The second-order valence-corrected chi connectivity index (χ2v) is 6.06. The van der Waals surface area contributed by atoms with Crippen LogP contribution in [0.1, 0.15) is 46.5 Å². The third-order valence-corrected chi connectivity index (χ3v) is 3.92. The molecule has 0 aliphatic rings. The van der Waals surface area contributed by atoms with Gasteiger partial charge in [0.1, 0.15) is 0 Å². The highest BCUT2D eigenvalue weighted by molar-refractivity contribution is 7.89. The highest BCUT2D eigenvalue weighted by Crippen LogP contribution is 2.03. The first-order chi connectivity index (χ1) is 7.52. The maximum Gasteiger partial charge on any atom is 0.213 e. The first-order valence-corrected chi connectivity index (χ1v) is 7.87. The van der Waals surface area contributed by atoms with E-state index in [1.807, 2.05) is 13.8 Å². The molecule has 4 nitrogen and oxygen atoms in total. The number of rotatable bonds is 10. The van der Waals surface area contributed by atoms with E-state index >= 15 is 0 Å². The molecular weight excluding hydrogens is 224 g/mol. The fourth-order valence-corrected chi connectivity index (χ4v) is 2.77. The summed E-state index contributed by atoms with van der Waals surface area (Å²) in [5.74, 6) is 0.166. The fraction of sp³-hybridized carbons (Fsp3) is 1.00. The third kappa shape index (κ3) is 9.12. The van der Waals surface area contributed by atoms with Crippen molar-refractivity contribution < 1.29 is 8.42 Å². The monoisotopic (exact) mass is 250 g/mol. The summed E-state index contributed by atoms with van der Waals surface area (Å²) in [4.78, 5) is 0. The Labute approximate surface area is 100 Å². The molecule has 0 aliphatic carbocycles. The highest BCUT2D eigenvalue weighted by atomic mass is 32.2. The minimum atomic E-state index is -3.10. The summed E-state index contributed by atoms with van der Waals surface area (Å²) in [6.07, 6.45) is 4.35. The van der Waals surface area contributed by atoms with Crippen LogP contribution in [0.2, 0.25) is 0 Å². The lowest BCUT2D eigenvalue weighted by Gasteiger charge is -2.13. The Kier molecular flexibility index (Phi) is 8.89. The van der Waals surface area contributed by atoms with Crippen molar-refractivity contribution in [2.45, 2.75) is 52.5 Å². The molecule has 0 fully saturated rings. The average Bonchev–Trinajstić information content (AvgIpc) is 2.17. The zero-order valence-electron chi connectivity index (χ0n) is 10.8.